The molecule has 1 aromatic rings. The summed E-state index contributed by atoms with van der Waals surface area (Å²) < 4.78 is 5.65. The minimum Gasteiger partial charge on any atom is -0.399 e. The van der Waals surface area contributed by atoms with Crippen LogP contribution < -0.4 is 10.6 Å². The van der Waals surface area contributed by atoms with Gasteiger partial charge in [0.25, 0.3) is 0 Å². The van der Waals surface area contributed by atoms with Gasteiger partial charge in [-0.1, -0.05) is 0 Å². The smallest absolute Gasteiger partial charge is 0.0576 e. The summed E-state index contributed by atoms with van der Waals surface area (Å²) in [4.78, 5) is 2.40. The van der Waals surface area contributed by atoms with Crippen molar-refractivity contribution in [2.75, 3.05) is 30.3 Å². The third-order valence-electron chi connectivity index (χ3n) is 3.62. The van der Waals surface area contributed by atoms with E-state index >= 15 is 0 Å². The van der Waals surface area contributed by atoms with Gasteiger partial charge in [0.15, 0.2) is 0 Å². The summed E-state index contributed by atoms with van der Waals surface area (Å²) in [6.07, 6.45) is 5.37. The first-order valence-corrected chi connectivity index (χ1v) is 7.01. The SMILES string of the molecule is CCN(CCCC1CCCO1)c1ccc(N)cc1. The number of hydrogen-bond acceptors (Lipinski definition) is 3. The highest BCUT2D eigenvalue weighted by Crippen LogP contribution is 2.19. The largest absolute Gasteiger partial charge is 0.399 e. The van der Waals surface area contributed by atoms with Gasteiger partial charge in [0, 0.05) is 31.1 Å². The van der Waals surface area contributed by atoms with Crippen molar-refractivity contribution in [3.8, 4) is 0 Å². The van der Waals surface area contributed by atoms with Crippen molar-refractivity contribution in [3.63, 3.8) is 0 Å². The van der Waals surface area contributed by atoms with Gasteiger partial charge in [0.1, 0.15) is 0 Å². The lowest BCUT2D eigenvalue weighted by Gasteiger charge is -2.23. The summed E-state index contributed by atoms with van der Waals surface area (Å²) in [6.45, 7) is 5.29. The van der Waals surface area contributed by atoms with E-state index in [1.807, 2.05) is 12.1 Å². The molecule has 1 unspecified atom stereocenters. The Morgan fingerprint density at radius 1 is 1.33 bits per heavy atom. The predicted octanol–water partition coefficient (Wildman–Crippen LogP) is 3.05. The molecule has 0 saturated carbocycles. The van der Waals surface area contributed by atoms with Crippen LogP contribution in [0.1, 0.15) is 32.6 Å². The van der Waals surface area contributed by atoms with Crippen LogP contribution in [0.25, 0.3) is 0 Å². The van der Waals surface area contributed by atoms with Crippen LogP contribution in [-0.2, 0) is 4.74 Å². The van der Waals surface area contributed by atoms with Gasteiger partial charge in [-0.25, -0.2) is 0 Å². The molecule has 3 nitrogen and oxygen atoms in total. The van der Waals surface area contributed by atoms with E-state index in [1.54, 1.807) is 0 Å². The average molecular weight is 248 g/mol. The van der Waals surface area contributed by atoms with Crippen LogP contribution in [0.3, 0.4) is 0 Å². The Bertz CT molecular complexity index is 344. The second kappa shape index (κ2) is 6.64. The van der Waals surface area contributed by atoms with E-state index in [1.165, 1.54) is 31.4 Å². The molecule has 2 N–H and O–H groups in total. The zero-order chi connectivity index (χ0) is 12.8. The molecule has 0 radical (unpaired) electrons. The molecule has 1 aliphatic rings. The van der Waals surface area contributed by atoms with Crippen LogP contribution in [0, 0.1) is 0 Å². The maximum Gasteiger partial charge on any atom is 0.0576 e. The van der Waals surface area contributed by atoms with Gasteiger partial charge in [0.2, 0.25) is 0 Å². The molecule has 1 aromatic carbocycles. The fraction of sp³-hybridized carbons (Fsp3) is 0.600. The second-order valence-corrected chi connectivity index (χ2v) is 4.95. The summed E-state index contributed by atoms with van der Waals surface area (Å²) in [5, 5.41) is 0. The lowest BCUT2D eigenvalue weighted by Crippen LogP contribution is -2.24. The molecule has 1 aliphatic heterocycles. The van der Waals surface area contributed by atoms with Crippen LogP contribution in [0.4, 0.5) is 11.4 Å². The summed E-state index contributed by atoms with van der Waals surface area (Å²) >= 11 is 0. The highest BCUT2D eigenvalue weighted by atomic mass is 16.5. The molecule has 1 heterocycles. The van der Waals surface area contributed by atoms with Gasteiger partial charge >= 0.3 is 0 Å². The minimum absolute atomic E-state index is 0.509. The Kier molecular flexibility index (Phi) is 4.88. The number of anilines is 2. The average Bonchev–Trinajstić information content (AvgIpc) is 2.89. The van der Waals surface area contributed by atoms with Crippen LogP contribution >= 0.6 is 0 Å². The number of benzene rings is 1. The van der Waals surface area contributed by atoms with Gasteiger partial charge in [-0.05, 0) is 56.9 Å². The number of nitrogens with zero attached hydrogens (tertiary/aromatic N) is 1. The number of nitrogens with two attached hydrogens (primary N) is 1. The summed E-state index contributed by atoms with van der Waals surface area (Å²) in [7, 11) is 0. The quantitative estimate of drug-likeness (QED) is 0.786. The molecular weight excluding hydrogens is 224 g/mol. The van der Waals surface area contributed by atoms with E-state index in [0.29, 0.717) is 6.10 Å². The summed E-state index contributed by atoms with van der Waals surface area (Å²) in [5.74, 6) is 0. The molecule has 18 heavy (non-hydrogen) atoms. The molecule has 0 spiro atoms. The van der Waals surface area contributed by atoms with Crippen LogP contribution in [0.2, 0.25) is 0 Å². The highest BCUT2D eigenvalue weighted by Gasteiger charge is 2.15. The van der Waals surface area contributed by atoms with E-state index in [9.17, 15) is 0 Å². The Hall–Kier alpha value is -1.22. The normalized spacial score (nSPS) is 19.1. The fourth-order valence-corrected chi connectivity index (χ4v) is 2.54. The molecule has 0 aliphatic carbocycles. The van der Waals surface area contributed by atoms with Crippen molar-refractivity contribution in [1.82, 2.24) is 0 Å². The van der Waals surface area contributed by atoms with E-state index in [2.05, 4.69) is 24.0 Å². The summed E-state index contributed by atoms with van der Waals surface area (Å²) in [5.41, 5.74) is 7.81. The third kappa shape index (κ3) is 3.64. The van der Waals surface area contributed by atoms with Crippen LogP contribution in [0.5, 0.6) is 0 Å². The van der Waals surface area contributed by atoms with E-state index in [0.717, 1.165) is 25.4 Å². The first kappa shape index (κ1) is 13.2. The maximum absolute atomic E-state index is 5.72. The monoisotopic (exact) mass is 248 g/mol. The maximum atomic E-state index is 5.72. The van der Waals surface area contributed by atoms with E-state index in [4.69, 9.17) is 10.5 Å². The lowest BCUT2D eigenvalue weighted by atomic mass is 10.1. The molecule has 0 aromatic heterocycles. The zero-order valence-electron chi connectivity index (χ0n) is 11.3. The highest BCUT2D eigenvalue weighted by molar-refractivity contribution is 5.52. The first-order chi connectivity index (χ1) is 8.79. The van der Waals surface area contributed by atoms with Crippen molar-refractivity contribution < 1.29 is 4.74 Å². The van der Waals surface area contributed by atoms with Gasteiger partial charge in [0.05, 0.1) is 6.10 Å². The lowest BCUT2D eigenvalue weighted by molar-refractivity contribution is 0.103. The Morgan fingerprint density at radius 2 is 2.11 bits per heavy atom. The summed E-state index contributed by atoms with van der Waals surface area (Å²) in [6, 6.07) is 8.14. The van der Waals surface area contributed by atoms with Crippen molar-refractivity contribution in [3.05, 3.63) is 24.3 Å². The number of nitrogen functional groups attached to an aromatic ring is 1. The fourth-order valence-electron chi connectivity index (χ4n) is 2.54. The molecule has 0 amide bonds. The molecule has 1 fully saturated rings. The number of hydrogen-bond donors (Lipinski definition) is 1. The Morgan fingerprint density at radius 3 is 2.72 bits per heavy atom. The molecule has 1 atom stereocenters. The molecule has 2 rings (SSSR count). The van der Waals surface area contributed by atoms with Crippen molar-refractivity contribution in [1.29, 1.82) is 0 Å². The molecule has 3 heteroatoms. The topological polar surface area (TPSA) is 38.5 Å². The third-order valence-corrected chi connectivity index (χ3v) is 3.62. The molecule has 100 valence electrons. The van der Waals surface area contributed by atoms with Crippen molar-refractivity contribution >= 4 is 11.4 Å². The first-order valence-electron chi connectivity index (χ1n) is 7.01. The van der Waals surface area contributed by atoms with Gasteiger partial charge < -0.3 is 15.4 Å². The molecule has 1 saturated heterocycles. The minimum atomic E-state index is 0.509. The number of ether oxygens (including phenoxy) is 1. The van der Waals surface area contributed by atoms with E-state index in [-0.39, 0.29) is 0 Å². The Labute approximate surface area is 110 Å². The van der Waals surface area contributed by atoms with Crippen LogP contribution in [-0.4, -0.2) is 25.8 Å². The Balaban J connectivity index is 1.79. The standard InChI is InChI=1S/C15H24N2O/c1-2-17(14-9-7-13(16)8-10-14)11-3-5-15-6-4-12-18-15/h7-10,15H,2-6,11-12,16H2,1H3. The van der Waals surface area contributed by atoms with E-state index < -0.39 is 0 Å². The predicted molar refractivity (Wildman–Crippen MR) is 76.9 cm³/mol. The molecule has 0 bridgehead atoms. The number of rotatable bonds is 6. The zero-order valence-corrected chi connectivity index (χ0v) is 11.3. The van der Waals surface area contributed by atoms with Gasteiger partial charge in [-0.3, -0.25) is 0 Å². The molecular formula is C15H24N2O. The van der Waals surface area contributed by atoms with Gasteiger partial charge in [-0.2, -0.15) is 0 Å². The van der Waals surface area contributed by atoms with Gasteiger partial charge in [-0.15, -0.1) is 0 Å². The van der Waals surface area contributed by atoms with Crippen molar-refractivity contribution in [2.45, 2.75) is 38.7 Å². The van der Waals surface area contributed by atoms with Crippen molar-refractivity contribution in [2.24, 2.45) is 0 Å². The van der Waals surface area contributed by atoms with Crippen LogP contribution in [0.15, 0.2) is 24.3 Å². The second-order valence-electron chi connectivity index (χ2n) is 4.95.